The minimum Gasteiger partial charge on any atom is -0.487 e. The van der Waals surface area contributed by atoms with Crippen LogP contribution < -0.4 is 10.1 Å². The zero-order valence-electron chi connectivity index (χ0n) is 12.4. The highest BCUT2D eigenvalue weighted by Gasteiger charge is 2.18. The van der Waals surface area contributed by atoms with E-state index in [4.69, 9.17) is 14.6 Å². The number of carboxylic acids is 1. The number of hydrogen-bond donors (Lipinski definition) is 2. The Labute approximate surface area is 128 Å². The molecule has 0 spiro atoms. The first-order chi connectivity index (χ1) is 10.6. The Morgan fingerprint density at radius 1 is 1.45 bits per heavy atom. The lowest BCUT2D eigenvalue weighted by atomic mass is 10.2. The lowest BCUT2D eigenvalue weighted by Gasteiger charge is -2.10. The number of carbonyl (C=O) groups is 1. The lowest BCUT2D eigenvalue weighted by molar-refractivity contribution is -0.385. The second-order valence-corrected chi connectivity index (χ2v) is 4.46. The fourth-order valence-corrected chi connectivity index (χ4v) is 1.64. The van der Waals surface area contributed by atoms with E-state index >= 15 is 0 Å². The minimum atomic E-state index is -1.20. The van der Waals surface area contributed by atoms with Gasteiger partial charge in [-0.05, 0) is 18.6 Å². The van der Waals surface area contributed by atoms with Gasteiger partial charge < -0.3 is 19.9 Å². The van der Waals surface area contributed by atoms with Crippen molar-refractivity contribution in [2.75, 3.05) is 32.9 Å². The molecule has 0 aliphatic carbocycles. The summed E-state index contributed by atoms with van der Waals surface area (Å²) in [4.78, 5) is 20.7. The molecule has 2 rings (SSSR count). The number of aromatic carboxylic acids is 1. The van der Waals surface area contributed by atoms with E-state index in [1.165, 1.54) is 12.1 Å². The van der Waals surface area contributed by atoms with Crippen LogP contribution in [0.15, 0.2) is 18.2 Å². The van der Waals surface area contributed by atoms with E-state index in [0.29, 0.717) is 6.61 Å². The van der Waals surface area contributed by atoms with Gasteiger partial charge in [-0.2, -0.15) is 0 Å². The van der Waals surface area contributed by atoms with E-state index in [2.05, 4.69) is 5.32 Å². The van der Waals surface area contributed by atoms with Gasteiger partial charge in [0.2, 0.25) is 0 Å². The van der Waals surface area contributed by atoms with Crippen molar-refractivity contribution in [3.8, 4) is 5.75 Å². The van der Waals surface area contributed by atoms with Gasteiger partial charge in [0, 0.05) is 19.2 Å². The molecular formula is C14H20N2O6. The van der Waals surface area contributed by atoms with E-state index < -0.39 is 10.9 Å². The van der Waals surface area contributed by atoms with Gasteiger partial charge in [0.05, 0.1) is 30.3 Å². The molecule has 1 aliphatic rings. The molecule has 0 bridgehead atoms. The van der Waals surface area contributed by atoms with Crippen LogP contribution in [0.5, 0.6) is 5.75 Å². The summed E-state index contributed by atoms with van der Waals surface area (Å²) in [5, 5.41) is 22.5. The van der Waals surface area contributed by atoms with Gasteiger partial charge in [-0.15, -0.1) is 0 Å². The van der Waals surface area contributed by atoms with Gasteiger partial charge in [0.15, 0.2) is 5.75 Å². The van der Waals surface area contributed by atoms with Crippen LogP contribution in [0.3, 0.4) is 0 Å². The molecule has 22 heavy (non-hydrogen) atoms. The standard InChI is InChI=1S/C10H11NO5.C4H9NO/c1-2-5-16-9-4-3-7(10(12)13)6-8(9)11(14)15;1-3-6-4-2-5-1/h3-4,6H,2,5H2,1H3,(H,12,13);5H,1-4H2. The quantitative estimate of drug-likeness (QED) is 0.628. The fraction of sp³-hybridized carbons (Fsp3) is 0.500. The first kappa shape index (κ1) is 17.9. The normalized spacial score (nSPS) is 13.7. The first-order valence-corrected chi connectivity index (χ1v) is 6.99. The van der Waals surface area contributed by atoms with Crippen LogP contribution in [0.25, 0.3) is 0 Å². The van der Waals surface area contributed by atoms with Gasteiger partial charge >= 0.3 is 11.7 Å². The van der Waals surface area contributed by atoms with Crippen molar-refractivity contribution in [2.24, 2.45) is 0 Å². The van der Waals surface area contributed by atoms with Crippen LogP contribution >= 0.6 is 0 Å². The first-order valence-electron chi connectivity index (χ1n) is 6.99. The molecular weight excluding hydrogens is 292 g/mol. The molecule has 1 aliphatic heterocycles. The van der Waals surface area contributed by atoms with Crippen LogP contribution in [-0.2, 0) is 4.74 Å². The molecule has 8 nitrogen and oxygen atoms in total. The van der Waals surface area contributed by atoms with Crippen molar-refractivity contribution in [1.82, 2.24) is 5.32 Å². The smallest absolute Gasteiger partial charge is 0.335 e. The molecule has 1 aromatic rings. The number of nitrogens with one attached hydrogen (secondary N) is 1. The fourth-order valence-electron chi connectivity index (χ4n) is 1.64. The predicted molar refractivity (Wildman–Crippen MR) is 79.5 cm³/mol. The average Bonchev–Trinajstić information content (AvgIpc) is 2.54. The van der Waals surface area contributed by atoms with E-state index in [-0.39, 0.29) is 17.0 Å². The summed E-state index contributed by atoms with van der Waals surface area (Å²) in [7, 11) is 0. The summed E-state index contributed by atoms with van der Waals surface area (Å²) in [5.41, 5.74) is -0.455. The largest absolute Gasteiger partial charge is 0.487 e. The van der Waals surface area contributed by atoms with E-state index in [1.54, 1.807) is 0 Å². The van der Waals surface area contributed by atoms with E-state index in [9.17, 15) is 14.9 Å². The number of benzene rings is 1. The molecule has 0 aromatic heterocycles. The SMILES string of the molecule is C1COCCN1.CCCOc1ccc(C(=O)O)cc1[N+](=O)[O-]. The van der Waals surface area contributed by atoms with Crippen molar-refractivity contribution < 1.29 is 24.3 Å². The van der Waals surface area contributed by atoms with E-state index in [1.807, 2.05) is 6.92 Å². The summed E-state index contributed by atoms with van der Waals surface area (Å²) in [6, 6.07) is 3.57. The van der Waals surface area contributed by atoms with Crippen LogP contribution in [0, 0.1) is 10.1 Å². The summed E-state index contributed by atoms with van der Waals surface area (Å²) in [6.07, 6.45) is 0.720. The Bertz CT molecular complexity index is 491. The Hall–Kier alpha value is -2.19. The zero-order valence-corrected chi connectivity index (χ0v) is 12.4. The molecule has 0 amide bonds. The monoisotopic (exact) mass is 312 g/mol. The number of rotatable bonds is 5. The third-order valence-electron chi connectivity index (χ3n) is 2.71. The third kappa shape index (κ3) is 6.06. The molecule has 1 heterocycles. The maximum absolute atomic E-state index is 10.7. The minimum absolute atomic E-state index is 0.0943. The van der Waals surface area contributed by atoms with Gasteiger partial charge in [-0.1, -0.05) is 6.92 Å². The molecule has 0 saturated carbocycles. The summed E-state index contributed by atoms with van der Waals surface area (Å²) in [5.74, 6) is -1.11. The average molecular weight is 312 g/mol. The van der Waals surface area contributed by atoms with Crippen LogP contribution in [0.1, 0.15) is 23.7 Å². The summed E-state index contributed by atoms with van der Waals surface area (Å²) >= 11 is 0. The maximum Gasteiger partial charge on any atom is 0.335 e. The number of nitrogens with zero attached hydrogens (tertiary/aromatic N) is 1. The van der Waals surface area contributed by atoms with Gasteiger partial charge in [-0.25, -0.2) is 4.79 Å². The van der Waals surface area contributed by atoms with Crippen molar-refractivity contribution in [1.29, 1.82) is 0 Å². The second kappa shape index (κ2) is 9.69. The highest BCUT2D eigenvalue weighted by molar-refractivity contribution is 5.88. The topological polar surface area (TPSA) is 111 Å². The zero-order chi connectivity index (χ0) is 16.4. The number of ether oxygens (including phenoxy) is 2. The predicted octanol–water partition coefficient (Wildman–Crippen LogP) is 1.69. The molecule has 1 fully saturated rings. The van der Waals surface area contributed by atoms with Gasteiger partial charge in [0.1, 0.15) is 0 Å². The van der Waals surface area contributed by atoms with Gasteiger partial charge in [0.25, 0.3) is 0 Å². The Morgan fingerprint density at radius 3 is 2.55 bits per heavy atom. The van der Waals surface area contributed by atoms with Crippen LogP contribution in [0.4, 0.5) is 5.69 Å². The number of nitro benzene ring substituents is 1. The molecule has 0 radical (unpaired) electrons. The lowest BCUT2D eigenvalue weighted by Crippen LogP contribution is -2.30. The highest BCUT2D eigenvalue weighted by Crippen LogP contribution is 2.28. The molecule has 2 N–H and O–H groups in total. The van der Waals surface area contributed by atoms with E-state index in [0.717, 1.165) is 38.8 Å². The molecule has 0 unspecified atom stereocenters. The van der Waals surface area contributed by atoms with Crippen LogP contribution in [0.2, 0.25) is 0 Å². The molecule has 0 atom stereocenters. The number of hydrogen-bond acceptors (Lipinski definition) is 6. The molecule has 122 valence electrons. The highest BCUT2D eigenvalue weighted by atomic mass is 16.6. The van der Waals surface area contributed by atoms with Crippen molar-refractivity contribution in [3.63, 3.8) is 0 Å². The summed E-state index contributed by atoms with van der Waals surface area (Å²) in [6.45, 7) is 6.06. The maximum atomic E-state index is 10.7. The van der Waals surface area contributed by atoms with Crippen molar-refractivity contribution in [3.05, 3.63) is 33.9 Å². The number of morpholine rings is 1. The Balaban J connectivity index is 0.000000335. The van der Waals surface area contributed by atoms with Gasteiger partial charge in [-0.3, -0.25) is 10.1 Å². The third-order valence-corrected chi connectivity index (χ3v) is 2.71. The Morgan fingerprint density at radius 2 is 2.14 bits per heavy atom. The van der Waals surface area contributed by atoms with Crippen molar-refractivity contribution in [2.45, 2.75) is 13.3 Å². The number of carboxylic acid groups (broad SMARTS) is 1. The summed E-state index contributed by atoms with van der Waals surface area (Å²) < 4.78 is 10.2. The number of nitro groups is 1. The molecule has 1 aromatic carbocycles. The van der Waals surface area contributed by atoms with Crippen molar-refractivity contribution >= 4 is 11.7 Å². The Kier molecular flexibility index (Phi) is 7.87. The molecule has 1 saturated heterocycles. The van der Waals surface area contributed by atoms with Crippen LogP contribution in [-0.4, -0.2) is 48.9 Å². The second-order valence-electron chi connectivity index (χ2n) is 4.46. The molecule has 8 heteroatoms.